The van der Waals surface area contributed by atoms with Gasteiger partial charge >= 0.3 is 0 Å². The molecule has 0 spiro atoms. The minimum atomic E-state index is 0.484. The van der Waals surface area contributed by atoms with E-state index in [4.69, 9.17) is 4.98 Å². The molecule has 0 radical (unpaired) electrons. The van der Waals surface area contributed by atoms with E-state index in [1.807, 2.05) is 6.20 Å². The number of aromatic nitrogens is 1. The van der Waals surface area contributed by atoms with Crippen LogP contribution in [0.3, 0.4) is 0 Å². The Kier molecular flexibility index (Phi) is 5.67. The van der Waals surface area contributed by atoms with Gasteiger partial charge < -0.3 is 10.2 Å². The van der Waals surface area contributed by atoms with Crippen LogP contribution >= 0.6 is 15.9 Å². The molecule has 0 aromatic carbocycles. The Balaban J connectivity index is 2.19. The van der Waals surface area contributed by atoms with Gasteiger partial charge in [0.25, 0.3) is 0 Å². The van der Waals surface area contributed by atoms with Crippen molar-refractivity contribution in [2.75, 3.05) is 18.0 Å². The topological polar surface area (TPSA) is 28.2 Å². The summed E-state index contributed by atoms with van der Waals surface area (Å²) in [5.41, 5.74) is 1.78. The Morgan fingerprint density at radius 2 is 2.10 bits per heavy atom. The highest BCUT2D eigenvalue weighted by atomic mass is 79.9. The fourth-order valence-corrected chi connectivity index (χ4v) is 3.52. The predicted molar refractivity (Wildman–Crippen MR) is 93.8 cm³/mol. The molecular weight excluding hydrogens is 326 g/mol. The van der Waals surface area contributed by atoms with Crippen molar-refractivity contribution in [3.05, 3.63) is 22.3 Å². The molecule has 1 aromatic heterocycles. The molecule has 21 heavy (non-hydrogen) atoms. The van der Waals surface area contributed by atoms with E-state index in [0.29, 0.717) is 11.5 Å². The third-order valence-corrected chi connectivity index (χ3v) is 5.28. The van der Waals surface area contributed by atoms with E-state index in [-0.39, 0.29) is 0 Å². The number of halogens is 1. The van der Waals surface area contributed by atoms with Crippen molar-refractivity contribution in [3.8, 4) is 0 Å². The summed E-state index contributed by atoms with van der Waals surface area (Å²) in [7, 11) is 0. The van der Waals surface area contributed by atoms with Crippen LogP contribution in [0.2, 0.25) is 0 Å². The van der Waals surface area contributed by atoms with Gasteiger partial charge in [0.2, 0.25) is 0 Å². The summed E-state index contributed by atoms with van der Waals surface area (Å²) >= 11 is 3.55. The first-order valence-electron chi connectivity index (χ1n) is 8.12. The first-order chi connectivity index (χ1) is 9.99. The molecule has 0 saturated carbocycles. The monoisotopic (exact) mass is 353 g/mol. The first kappa shape index (κ1) is 16.8. The molecule has 0 amide bonds. The van der Waals surface area contributed by atoms with Crippen LogP contribution in [0.15, 0.2) is 16.7 Å². The zero-order valence-electron chi connectivity index (χ0n) is 13.7. The van der Waals surface area contributed by atoms with E-state index in [1.165, 1.54) is 24.8 Å². The standard InChI is InChI=1S/C17H28BrN3/c1-5-17(6-2)7-8-21(12-17)16-14(10-19-13(3)4)9-15(18)11-20-16/h9,11,13,19H,5-8,10,12H2,1-4H3. The van der Waals surface area contributed by atoms with Crippen LogP contribution in [0.1, 0.15) is 52.5 Å². The number of hydrogen-bond donors (Lipinski definition) is 1. The summed E-state index contributed by atoms with van der Waals surface area (Å²) in [5, 5.41) is 3.51. The quantitative estimate of drug-likeness (QED) is 0.823. The highest BCUT2D eigenvalue weighted by Gasteiger charge is 2.36. The van der Waals surface area contributed by atoms with E-state index in [9.17, 15) is 0 Å². The smallest absolute Gasteiger partial charge is 0.133 e. The Morgan fingerprint density at radius 1 is 1.38 bits per heavy atom. The Labute approximate surface area is 137 Å². The van der Waals surface area contributed by atoms with Crippen molar-refractivity contribution in [2.45, 2.75) is 59.5 Å². The maximum Gasteiger partial charge on any atom is 0.133 e. The third-order valence-electron chi connectivity index (χ3n) is 4.85. The van der Waals surface area contributed by atoms with Crippen molar-refractivity contribution in [1.82, 2.24) is 10.3 Å². The van der Waals surface area contributed by atoms with Gasteiger partial charge in [0.1, 0.15) is 5.82 Å². The van der Waals surface area contributed by atoms with Crippen LogP contribution in [-0.4, -0.2) is 24.1 Å². The van der Waals surface area contributed by atoms with Gasteiger partial charge in [0, 0.05) is 41.9 Å². The molecule has 0 unspecified atom stereocenters. The number of hydrogen-bond acceptors (Lipinski definition) is 3. The van der Waals surface area contributed by atoms with Gasteiger partial charge in [0.15, 0.2) is 0 Å². The summed E-state index contributed by atoms with van der Waals surface area (Å²) in [6, 6.07) is 2.69. The summed E-state index contributed by atoms with van der Waals surface area (Å²) in [4.78, 5) is 7.19. The van der Waals surface area contributed by atoms with Gasteiger partial charge in [-0.2, -0.15) is 0 Å². The van der Waals surface area contributed by atoms with E-state index < -0.39 is 0 Å². The van der Waals surface area contributed by atoms with Gasteiger partial charge in [-0.15, -0.1) is 0 Å². The molecular formula is C17H28BrN3. The molecule has 3 nitrogen and oxygen atoms in total. The zero-order valence-corrected chi connectivity index (χ0v) is 15.3. The number of nitrogens with zero attached hydrogens (tertiary/aromatic N) is 2. The van der Waals surface area contributed by atoms with Crippen LogP contribution in [0.4, 0.5) is 5.82 Å². The van der Waals surface area contributed by atoms with E-state index in [0.717, 1.165) is 29.9 Å². The van der Waals surface area contributed by atoms with E-state index >= 15 is 0 Å². The SMILES string of the molecule is CCC1(CC)CCN(c2ncc(Br)cc2CNC(C)C)C1. The number of rotatable bonds is 6. The largest absolute Gasteiger partial charge is 0.356 e. The molecule has 2 rings (SSSR count). The van der Waals surface area contributed by atoms with Crippen molar-refractivity contribution in [2.24, 2.45) is 5.41 Å². The van der Waals surface area contributed by atoms with Crippen molar-refractivity contribution in [1.29, 1.82) is 0 Å². The van der Waals surface area contributed by atoms with Crippen LogP contribution in [0, 0.1) is 5.41 Å². The Hall–Kier alpha value is -0.610. The molecule has 0 bridgehead atoms. The lowest BCUT2D eigenvalue weighted by Gasteiger charge is -2.27. The van der Waals surface area contributed by atoms with Crippen LogP contribution in [0.25, 0.3) is 0 Å². The maximum atomic E-state index is 4.71. The Morgan fingerprint density at radius 3 is 2.67 bits per heavy atom. The summed E-state index contributed by atoms with van der Waals surface area (Å²) < 4.78 is 1.06. The van der Waals surface area contributed by atoms with Crippen molar-refractivity contribution in [3.63, 3.8) is 0 Å². The molecule has 0 atom stereocenters. The van der Waals surface area contributed by atoms with Crippen LogP contribution < -0.4 is 10.2 Å². The summed E-state index contributed by atoms with van der Waals surface area (Å²) in [6.45, 7) is 12.2. The number of anilines is 1. The lowest BCUT2D eigenvalue weighted by molar-refractivity contribution is 0.301. The second-order valence-corrected chi connectivity index (χ2v) is 7.47. The van der Waals surface area contributed by atoms with Gasteiger partial charge in [-0.1, -0.05) is 27.7 Å². The van der Waals surface area contributed by atoms with Crippen molar-refractivity contribution >= 4 is 21.7 Å². The minimum absolute atomic E-state index is 0.484. The first-order valence-corrected chi connectivity index (χ1v) is 8.91. The molecule has 1 fully saturated rings. The molecule has 2 heterocycles. The zero-order chi connectivity index (χ0) is 15.5. The third kappa shape index (κ3) is 3.98. The highest BCUT2D eigenvalue weighted by molar-refractivity contribution is 9.10. The fourth-order valence-electron chi connectivity index (χ4n) is 3.15. The molecule has 1 aliphatic rings. The second-order valence-electron chi connectivity index (χ2n) is 6.55. The summed E-state index contributed by atoms with van der Waals surface area (Å²) in [5.74, 6) is 1.16. The van der Waals surface area contributed by atoms with E-state index in [2.05, 4.69) is 59.9 Å². The minimum Gasteiger partial charge on any atom is -0.356 e. The Bertz CT molecular complexity index is 469. The molecule has 4 heteroatoms. The van der Waals surface area contributed by atoms with E-state index in [1.54, 1.807) is 0 Å². The molecule has 1 aliphatic heterocycles. The predicted octanol–water partition coefficient (Wildman–Crippen LogP) is 4.36. The van der Waals surface area contributed by atoms with Gasteiger partial charge in [-0.05, 0) is 46.7 Å². The average molecular weight is 354 g/mol. The lowest BCUT2D eigenvalue weighted by Crippen LogP contribution is -2.29. The van der Waals surface area contributed by atoms with Crippen LogP contribution in [-0.2, 0) is 6.54 Å². The second kappa shape index (κ2) is 7.10. The molecule has 1 aromatic rings. The molecule has 1 saturated heterocycles. The maximum absolute atomic E-state index is 4.71. The molecule has 1 N–H and O–H groups in total. The number of nitrogens with one attached hydrogen (secondary N) is 1. The molecule has 0 aliphatic carbocycles. The van der Waals surface area contributed by atoms with Crippen molar-refractivity contribution < 1.29 is 0 Å². The summed E-state index contributed by atoms with van der Waals surface area (Å²) in [6.07, 6.45) is 5.73. The normalized spacial score (nSPS) is 17.7. The average Bonchev–Trinajstić information content (AvgIpc) is 2.90. The van der Waals surface area contributed by atoms with Gasteiger partial charge in [-0.25, -0.2) is 4.98 Å². The van der Waals surface area contributed by atoms with Crippen LogP contribution in [0.5, 0.6) is 0 Å². The lowest BCUT2D eigenvalue weighted by atomic mass is 9.82. The fraction of sp³-hybridized carbons (Fsp3) is 0.706. The molecule has 118 valence electrons. The van der Waals surface area contributed by atoms with Gasteiger partial charge in [-0.3, -0.25) is 0 Å². The number of pyridine rings is 1. The highest BCUT2D eigenvalue weighted by Crippen LogP contribution is 2.39. The van der Waals surface area contributed by atoms with Gasteiger partial charge in [0.05, 0.1) is 0 Å².